The number of carboxylic acid groups (broad SMARTS) is 1. The van der Waals surface area contributed by atoms with E-state index in [1.165, 1.54) is 4.90 Å². The summed E-state index contributed by atoms with van der Waals surface area (Å²) < 4.78 is 12.7. The van der Waals surface area contributed by atoms with Crippen LogP contribution < -0.4 is 5.32 Å². The number of rotatable bonds is 2. The Hall–Kier alpha value is -0.840. The predicted molar refractivity (Wildman–Crippen MR) is 55.7 cm³/mol. The Balaban J connectivity index is 2.85. The van der Waals surface area contributed by atoms with E-state index < -0.39 is 18.3 Å². The minimum atomic E-state index is -0.977. The Morgan fingerprint density at radius 1 is 1.53 bits per heavy atom. The second-order valence-corrected chi connectivity index (χ2v) is 4.96. The first-order valence-electron chi connectivity index (χ1n) is 5.17. The van der Waals surface area contributed by atoms with Crippen LogP contribution in [0.3, 0.4) is 0 Å². The van der Waals surface area contributed by atoms with Crippen molar-refractivity contribution in [2.75, 3.05) is 19.8 Å². The van der Waals surface area contributed by atoms with Crippen molar-refractivity contribution in [3.63, 3.8) is 0 Å². The molecule has 88 valence electrons. The van der Waals surface area contributed by atoms with Gasteiger partial charge in [0.2, 0.25) is 0 Å². The molecule has 2 atom stereocenters. The number of nitrogens with one attached hydrogen (secondary N) is 1. The molecule has 0 bridgehead atoms. The fourth-order valence-corrected chi connectivity index (χ4v) is 2.11. The summed E-state index contributed by atoms with van der Waals surface area (Å²) in [5, 5.41) is 12.2. The van der Waals surface area contributed by atoms with Gasteiger partial charge >= 0.3 is 6.09 Å². The van der Waals surface area contributed by atoms with Gasteiger partial charge in [0.25, 0.3) is 0 Å². The van der Waals surface area contributed by atoms with Crippen LogP contribution in [0.2, 0.25) is 0 Å². The molecule has 1 aliphatic heterocycles. The molecule has 4 nitrogen and oxygen atoms in total. The van der Waals surface area contributed by atoms with E-state index in [1.807, 2.05) is 20.8 Å². The number of hydrogen-bond donors (Lipinski definition) is 2. The van der Waals surface area contributed by atoms with Gasteiger partial charge in [-0.15, -0.1) is 0 Å². The minimum Gasteiger partial charge on any atom is -0.465 e. The molecule has 0 spiro atoms. The molecule has 15 heavy (non-hydrogen) atoms. The smallest absolute Gasteiger partial charge is 0.408 e. The molecular formula is C10H19FN2O2. The lowest BCUT2D eigenvalue weighted by atomic mass is 9.97. The second kappa shape index (κ2) is 4.35. The van der Waals surface area contributed by atoms with Crippen molar-refractivity contribution in [2.45, 2.75) is 32.4 Å². The molecule has 1 heterocycles. The molecule has 0 aromatic rings. The van der Waals surface area contributed by atoms with Crippen LogP contribution in [0.4, 0.5) is 9.18 Å². The highest BCUT2D eigenvalue weighted by atomic mass is 19.1. The average Bonchev–Trinajstić information content (AvgIpc) is 2.48. The molecule has 2 N–H and O–H groups in total. The maximum Gasteiger partial charge on any atom is 0.408 e. The zero-order chi connectivity index (χ0) is 11.6. The van der Waals surface area contributed by atoms with Gasteiger partial charge in [-0.3, -0.25) is 9.29 Å². The van der Waals surface area contributed by atoms with Gasteiger partial charge in [-0.1, -0.05) is 0 Å². The highest BCUT2D eigenvalue weighted by Crippen LogP contribution is 2.24. The van der Waals surface area contributed by atoms with E-state index in [9.17, 15) is 9.18 Å². The molecule has 0 aromatic heterocycles. The molecular weight excluding hydrogens is 199 g/mol. The van der Waals surface area contributed by atoms with Crippen LogP contribution in [0, 0.1) is 5.92 Å². The molecule has 0 aromatic carbocycles. The monoisotopic (exact) mass is 218 g/mol. The first-order valence-corrected chi connectivity index (χ1v) is 5.17. The van der Waals surface area contributed by atoms with Crippen molar-refractivity contribution < 1.29 is 14.3 Å². The van der Waals surface area contributed by atoms with Crippen LogP contribution in [0.15, 0.2) is 0 Å². The van der Waals surface area contributed by atoms with Crippen molar-refractivity contribution in [3.8, 4) is 0 Å². The number of carbonyl (C=O) groups is 1. The average molecular weight is 218 g/mol. The molecule has 0 radical (unpaired) electrons. The Labute approximate surface area is 89.4 Å². The lowest BCUT2D eigenvalue weighted by Gasteiger charge is -2.39. The van der Waals surface area contributed by atoms with Crippen molar-refractivity contribution in [1.29, 1.82) is 0 Å². The lowest BCUT2D eigenvalue weighted by Crippen LogP contribution is -2.54. The van der Waals surface area contributed by atoms with Crippen molar-refractivity contribution in [1.82, 2.24) is 10.2 Å². The number of amides is 1. The topological polar surface area (TPSA) is 52.6 Å². The third kappa shape index (κ3) is 2.59. The van der Waals surface area contributed by atoms with Gasteiger partial charge in [0.05, 0.1) is 12.7 Å². The molecule has 0 aliphatic carbocycles. The fraction of sp³-hybridized carbons (Fsp3) is 0.900. The normalized spacial score (nSPS) is 26.7. The van der Waals surface area contributed by atoms with Gasteiger partial charge in [0.15, 0.2) is 0 Å². The van der Waals surface area contributed by atoms with Crippen LogP contribution in [-0.4, -0.2) is 47.4 Å². The standard InChI is InChI=1S/C10H19FN2O2/c1-10(2,3)13(9(14)15)8-6-12-5-7(8)4-11/h7-8,12H,4-6H2,1-3H3,(H,14,15)/t7-,8+/m1/s1. The molecule has 0 saturated carbocycles. The number of nitrogens with zero attached hydrogens (tertiary/aromatic N) is 1. The van der Waals surface area contributed by atoms with Crippen molar-refractivity contribution in [3.05, 3.63) is 0 Å². The van der Waals surface area contributed by atoms with Crippen LogP contribution >= 0.6 is 0 Å². The highest BCUT2D eigenvalue weighted by Gasteiger charge is 2.40. The molecule has 1 aliphatic rings. The zero-order valence-electron chi connectivity index (χ0n) is 9.46. The van der Waals surface area contributed by atoms with Crippen LogP contribution in [0.25, 0.3) is 0 Å². The second-order valence-electron chi connectivity index (χ2n) is 4.96. The summed E-state index contributed by atoms with van der Waals surface area (Å²) in [4.78, 5) is 12.5. The number of hydrogen-bond acceptors (Lipinski definition) is 2. The third-order valence-corrected chi connectivity index (χ3v) is 2.76. The molecule has 0 unspecified atom stereocenters. The SMILES string of the molecule is CC(C)(C)N(C(=O)O)[C@H]1CNC[C@H]1CF. The quantitative estimate of drug-likeness (QED) is 0.735. The van der Waals surface area contributed by atoms with Crippen LogP contribution in [-0.2, 0) is 0 Å². The zero-order valence-corrected chi connectivity index (χ0v) is 9.46. The first-order chi connectivity index (χ1) is 6.88. The van der Waals surface area contributed by atoms with Gasteiger partial charge in [0, 0.05) is 24.5 Å². The summed E-state index contributed by atoms with van der Waals surface area (Å²) in [6.07, 6.45) is -0.977. The highest BCUT2D eigenvalue weighted by molar-refractivity contribution is 5.66. The lowest BCUT2D eigenvalue weighted by molar-refractivity contribution is 0.0582. The molecule has 1 fully saturated rings. The maximum absolute atomic E-state index is 12.7. The predicted octanol–water partition coefficient (Wildman–Crippen LogP) is 1.32. The van der Waals surface area contributed by atoms with Gasteiger partial charge in [-0.2, -0.15) is 0 Å². The maximum atomic E-state index is 12.7. The molecule has 5 heteroatoms. The summed E-state index contributed by atoms with van der Waals surface area (Å²) in [6, 6.07) is -0.257. The van der Waals surface area contributed by atoms with E-state index in [-0.39, 0.29) is 12.0 Å². The fourth-order valence-electron chi connectivity index (χ4n) is 2.11. The summed E-state index contributed by atoms with van der Waals surface area (Å²) in [5.74, 6) is -0.222. The van der Waals surface area contributed by atoms with Crippen LogP contribution in [0.5, 0.6) is 0 Å². The Morgan fingerprint density at radius 3 is 2.53 bits per heavy atom. The summed E-state index contributed by atoms with van der Waals surface area (Å²) in [5.41, 5.74) is -0.490. The summed E-state index contributed by atoms with van der Waals surface area (Å²) in [7, 11) is 0. The molecule has 1 rings (SSSR count). The Bertz CT molecular complexity index is 240. The van der Waals surface area contributed by atoms with E-state index in [0.29, 0.717) is 13.1 Å². The number of alkyl halides is 1. The Kier molecular flexibility index (Phi) is 3.54. The minimum absolute atomic E-state index is 0.222. The Morgan fingerprint density at radius 2 is 2.13 bits per heavy atom. The molecule has 1 saturated heterocycles. The van der Waals surface area contributed by atoms with E-state index in [0.717, 1.165) is 0 Å². The van der Waals surface area contributed by atoms with Gasteiger partial charge in [0.1, 0.15) is 0 Å². The van der Waals surface area contributed by atoms with Crippen molar-refractivity contribution in [2.24, 2.45) is 5.92 Å². The van der Waals surface area contributed by atoms with Crippen LogP contribution in [0.1, 0.15) is 20.8 Å². The van der Waals surface area contributed by atoms with Gasteiger partial charge in [-0.05, 0) is 20.8 Å². The molecule has 1 amide bonds. The van der Waals surface area contributed by atoms with E-state index >= 15 is 0 Å². The van der Waals surface area contributed by atoms with Crippen molar-refractivity contribution >= 4 is 6.09 Å². The summed E-state index contributed by atoms with van der Waals surface area (Å²) >= 11 is 0. The van der Waals surface area contributed by atoms with Gasteiger partial charge < -0.3 is 10.4 Å². The third-order valence-electron chi connectivity index (χ3n) is 2.76. The first kappa shape index (κ1) is 12.2. The van der Waals surface area contributed by atoms with E-state index in [1.54, 1.807) is 0 Å². The summed E-state index contributed by atoms with van der Waals surface area (Å²) in [6.45, 7) is 6.11. The van der Waals surface area contributed by atoms with Gasteiger partial charge in [-0.25, -0.2) is 4.79 Å². The van der Waals surface area contributed by atoms with E-state index in [4.69, 9.17) is 5.11 Å². The largest absolute Gasteiger partial charge is 0.465 e. The number of halogens is 1. The van der Waals surface area contributed by atoms with E-state index in [2.05, 4.69) is 5.32 Å².